The Hall–Kier alpha value is -2.20. The third-order valence-corrected chi connectivity index (χ3v) is 6.75. The third-order valence-electron chi connectivity index (χ3n) is 5.92. The highest BCUT2D eigenvalue weighted by Crippen LogP contribution is 2.23. The second-order valence-corrected chi connectivity index (χ2v) is 10.0. The van der Waals surface area contributed by atoms with E-state index in [-0.39, 0.29) is 17.4 Å². The summed E-state index contributed by atoms with van der Waals surface area (Å²) in [6.45, 7) is 5.51. The number of hydrogen-bond donors (Lipinski definition) is 2. The average molecular weight is 585 g/mol. The van der Waals surface area contributed by atoms with Crippen molar-refractivity contribution in [1.82, 2.24) is 15.5 Å². The number of piperazine rings is 1. The molecule has 1 heterocycles. The van der Waals surface area contributed by atoms with Gasteiger partial charge in [-0.2, -0.15) is 0 Å². The van der Waals surface area contributed by atoms with E-state index >= 15 is 0 Å². The summed E-state index contributed by atoms with van der Waals surface area (Å²) in [5, 5.41) is 5.53. The molecule has 1 atom stereocenters. The van der Waals surface area contributed by atoms with Gasteiger partial charge in [-0.05, 0) is 43.8 Å². The number of halogens is 1. The minimum absolute atomic E-state index is 0.0816. The molecule has 0 bridgehead atoms. The van der Waals surface area contributed by atoms with Crippen molar-refractivity contribution in [3.63, 3.8) is 0 Å². The van der Waals surface area contributed by atoms with Crippen LogP contribution in [0.2, 0.25) is 0 Å². The van der Waals surface area contributed by atoms with E-state index in [0.29, 0.717) is 37.6 Å². The van der Waals surface area contributed by atoms with Gasteiger partial charge in [0.15, 0.2) is 5.11 Å². The molecule has 1 aromatic carbocycles. The van der Waals surface area contributed by atoms with Gasteiger partial charge in [-0.25, -0.2) is 0 Å². The highest BCUT2D eigenvalue weighted by molar-refractivity contribution is 9.10. The molecule has 36 heavy (non-hydrogen) atoms. The summed E-state index contributed by atoms with van der Waals surface area (Å²) in [5.41, 5.74) is 0.316. The number of ether oxygens (including phenoxy) is 2. The van der Waals surface area contributed by atoms with Crippen LogP contribution in [-0.2, 0) is 14.3 Å². The van der Waals surface area contributed by atoms with Gasteiger partial charge in [-0.1, -0.05) is 67.8 Å². The Bertz CT molecular complexity index is 898. The van der Waals surface area contributed by atoms with Crippen LogP contribution in [0.4, 0.5) is 0 Å². The van der Waals surface area contributed by atoms with Crippen molar-refractivity contribution in [3.05, 3.63) is 28.2 Å². The number of thiocarbonyl (C=S) groups is 1. The molecule has 1 aliphatic rings. The number of unbranched alkanes of at least 4 members (excludes halogenated alkanes) is 7. The Labute approximate surface area is 228 Å². The number of benzene rings is 1. The van der Waals surface area contributed by atoms with Gasteiger partial charge in [0.2, 0.25) is 5.91 Å². The van der Waals surface area contributed by atoms with Crippen molar-refractivity contribution < 1.29 is 23.9 Å². The van der Waals surface area contributed by atoms with Crippen LogP contribution in [0.5, 0.6) is 5.75 Å². The molecule has 200 valence electrons. The molecule has 0 radical (unpaired) electrons. The molecule has 1 aliphatic heterocycles. The maximum atomic E-state index is 12.9. The molecule has 0 saturated carbocycles. The maximum absolute atomic E-state index is 12.9. The number of esters is 1. The smallest absolute Gasteiger partial charge is 0.308 e. The van der Waals surface area contributed by atoms with Crippen LogP contribution < -0.4 is 15.4 Å². The van der Waals surface area contributed by atoms with Crippen molar-refractivity contribution in [3.8, 4) is 5.75 Å². The van der Waals surface area contributed by atoms with E-state index in [1.807, 2.05) is 6.92 Å². The summed E-state index contributed by atoms with van der Waals surface area (Å²) in [6, 6.07) is 4.29. The topological polar surface area (TPSA) is 97.0 Å². The van der Waals surface area contributed by atoms with Crippen molar-refractivity contribution in [2.45, 2.75) is 77.7 Å². The Morgan fingerprint density at radius 3 is 2.53 bits per heavy atom. The minimum Gasteiger partial charge on any atom is -0.493 e. The quantitative estimate of drug-likeness (QED) is 0.185. The lowest BCUT2D eigenvalue weighted by molar-refractivity contribution is -0.147. The number of rotatable bonds is 14. The van der Waals surface area contributed by atoms with Gasteiger partial charge in [0.1, 0.15) is 11.8 Å². The van der Waals surface area contributed by atoms with Crippen molar-refractivity contribution >= 4 is 51.0 Å². The van der Waals surface area contributed by atoms with E-state index in [4.69, 9.17) is 21.7 Å². The minimum atomic E-state index is -0.841. The van der Waals surface area contributed by atoms with Gasteiger partial charge in [0, 0.05) is 17.6 Å². The van der Waals surface area contributed by atoms with E-state index < -0.39 is 17.9 Å². The number of amides is 2. The van der Waals surface area contributed by atoms with E-state index in [0.717, 1.165) is 23.7 Å². The molecule has 1 fully saturated rings. The molecular formula is C26H38BrN3O5S. The van der Waals surface area contributed by atoms with E-state index in [2.05, 4.69) is 33.5 Å². The average Bonchev–Trinajstić information content (AvgIpc) is 2.85. The van der Waals surface area contributed by atoms with Gasteiger partial charge in [0.25, 0.3) is 5.91 Å². The maximum Gasteiger partial charge on any atom is 0.308 e. The predicted octanol–water partition coefficient (Wildman–Crippen LogP) is 4.74. The first-order valence-electron chi connectivity index (χ1n) is 12.8. The molecule has 0 aliphatic carbocycles. The largest absolute Gasteiger partial charge is 0.493 e. The molecule has 1 saturated heterocycles. The fraction of sp³-hybridized carbons (Fsp3) is 0.615. The fourth-order valence-corrected chi connectivity index (χ4v) is 4.67. The van der Waals surface area contributed by atoms with Crippen LogP contribution in [0, 0.1) is 0 Å². The third kappa shape index (κ3) is 10.0. The lowest BCUT2D eigenvalue weighted by Crippen LogP contribution is -2.60. The highest BCUT2D eigenvalue weighted by atomic mass is 79.9. The summed E-state index contributed by atoms with van der Waals surface area (Å²) in [7, 11) is 0. The summed E-state index contributed by atoms with van der Waals surface area (Å²) >= 11 is 8.82. The lowest BCUT2D eigenvalue weighted by Gasteiger charge is -2.36. The Morgan fingerprint density at radius 2 is 1.83 bits per heavy atom. The summed E-state index contributed by atoms with van der Waals surface area (Å²) in [4.78, 5) is 39.5. The predicted molar refractivity (Wildman–Crippen MR) is 147 cm³/mol. The Kier molecular flexibility index (Phi) is 13.8. The van der Waals surface area contributed by atoms with Gasteiger partial charge >= 0.3 is 5.97 Å². The standard InChI is InChI=1S/C26H38BrN3O5S/c1-3-5-6-7-8-9-10-11-16-35-23(31)18-21-25(33)28-14-15-30(21)26(36)29-24(32)20-17-19(27)12-13-22(20)34-4-2/h12-13,17,21H,3-11,14-16,18H2,1-2H3,(H,28,33)(H,29,32,36). The first kappa shape index (κ1) is 30.0. The first-order chi connectivity index (χ1) is 17.4. The number of carbonyl (C=O) groups excluding carboxylic acids is 3. The molecule has 1 unspecified atom stereocenters. The first-order valence-corrected chi connectivity index (χ1v) is 14.0. The van der Waals surface area contributed by atoms with Crippen LogP contribution in [0.1, 0.15) is 82.0 Å². The van der Waals surface area contributed by atoms with Crippen molar-refractivity contribution in [1.29, 1.82) is 0 Å². The SMILES string of the molecule is CCCCCCCCCCOC(=O)CC1C(=O)NCCN1C(=S)NC(=O)c1cc(Br)ccc1OCC. The van der Waals surface area contributed by atoms with Crippen LogP contribution in [0.15, 0.2) is 22.7 Å². The lowest BCUT2D eigenvalue weighted by atomic mass is 10.1. The Morgan fingerprint density at radius 1 is 1.14 bits per heavy atom. The monoisotopic (exact) mass is 583 g/mol. The van der Waals surface area contributed by atoms with Gasteiger partial charge < -0.3 is 19.7 Å². The molecule has 2 amide bonds. The van der Waals surface area contributed by atoms with E-state index in [9.17, 15) is 14.4 Å². The summed E-state index contributed by atoms with van der Waals surface area (Å²) < 4.78 is 11.6. The second kappa shape index (κ2) is 16.5. The van der Waals surface area contributed by atoms with Crippen LogP contribution in [0.3, 0.4) is 0 Å². The van der Waals surface area contributed by atoms with Gasteiger partial charge in [-0.15, -0.1) is 0 Å². The van der Waals surface area contributed by atoms with Crippen LogP contribution in [-0.4, -0.2) is 60.1 Å². The van der Waals surface area contributed by atoms with Crippen LogP contribution >= 0.6 is 28.1 Å². The summed E-state index contributed by atoms with van der Waals surface area (Å²) in [6.07, 6.45) is 9.10. The molecule has 0 spiro atoms. The Balaban J connectivity index is 1.86. The van der Waals surface area contributed by atoms with Gasteiger partial charge in [0.05, 0.1) is 25.2 Å². The van der Waals surface area contributed by atoms with Crippen molar-refractivity contribution in [2.24, 2.45) is 0 Å². The molecule has 8 nitrogen and oxygen atoms in total. The number of nitrogens with one attached hydrogen (secondary N) is 2. The zero-order valence-electron chi connectivity index (χ0n) is 21.3. The normalized spacial score (nSPS) is 15.2. The molecule has 1 aromatic rings. The fourth-order valence-electron chi connectivity index (χ4n) is 4.00. The number of hydrogen-bond acceptors (Lipinski definition) is 6. The molecule has 0 aromatic heterocycles. The van der Waals surface area contributed by atoms with Gasteiger partial charge in [-0.3, -0.25) is 19.7 Å². The van der Waals surface area contributed by atoms with E-state index in [1.165, 1.54) is 32.1 Å². The molecule has 2 rings (SSSR count). The highest BCUT2D eigenvalue weighted by Gasteiger charge is 2.34. The zero-order valence-corrected chi connectivity index (χ0v) is 23.7. The molecular weight excluding hydrogens is 546 g/mol. The number of nitrogens with zero attached hydrogens (tertiary/aromatic N) is 1. The summed E-state index contributed by atoms with van der Waals surface area (Å²) in [5.74, 6) is -0.797. The van der Waals surface area contributed by atoms with Crippen molar-refractivity contribution in [2.75, 3.05) is 26.3 Å². The van der Waals surface area contributed by atoms with Crippen LogP contribution in [0.25, 0.3) is 0 Å². The molecule has 10 heteroatoms. The van der Waals surface area contributed by atoms with E-state index in [1.54, 1.807) is 23.1 Å². The molecule has 2 N–H and O–H groups in total. The zero-order chi connectivity index (χ0) is 26.3. The second-order valence-electron chi connectivity index (χ2n) is 8.73. The number of carbonyl (C=O) groups is 3.